The highest BCUT2D eigenvalue weighted by Crippen LogP contribution is 2.32. The normalized spacial score (nSPS) is 19.7. The van der Waals surface area contributed by atoms with Gasteiger partial charge < -0.3 is 16.0 Å². The minimum Gasteiger partial charge on any atom is -0.370 e. The topological polar surface area (TPSA) is 177 Å². The van der Waals surface area contributed by atoms with Gasteiger partial charge in [-0.15, -0.1) is 0 Å². The number of hydrogen-bond donors (Lipinski definition) is 5. The van der Waals surface area contributed by atoms with Gasteiger partial charge in [-0.1, -0.05) is 11.6 Å². The Morgan fingerprint density at radius 2 is 1.45 bits per heavy atom. The van der Waals surface area contributed by atoms with Crippen LogP contribution in [0.5, 0.6) is 0 Å². The fraction of sp³-hybridized carbons (Fsp3) is 0.529. The summed E-state index contributed by atoms with van der Waals surface area (Å²) in [6.45, 7) is 1.79. The number of rotatable bonds is 1. The smallest absolute Gasteiger partial charge is 0.244 e. The van der Waals surface area contributed by atoms with E-state index in [1.54, 1.807) is 0 Å². The zero-order valence-electron chi connectivity index (χ0n) is 16.7. The van der Waals surface area contributed by atoms with Crippen LogP contribution in [0.1, 0.15) is 38.5 Å². The molecule has 0 spiro atoms. The maximum Gasteiger partial charge on any atom is 0.244 e. The Labute approximate surface area is 186 Å². The predicted octanol–water partition coefficient (Wildman–Crippen LogP) is 0.222. The van der Waals surface area contributed by atoms with Crippen LogP contribution in [0.15, 0.2) is 21.9 Å². The predicted molar refractivity (Wildman–Crippen MR) is 115 cm³/mol. The first-order valence-corrected chi connectivity index (χ1v) is 13.0. The maximum absolute atomic E-state index is 11.6. The van der Waals surface area contributed by atoms with Crippen LogP contribution < -0.4 is 25.8 Å². The quantitative estimate of drug-likeness (QED) is 0.370. The molecule has 4 rings (SSSR count). The zero-order valence-corrected chi connectivity index (χ0v) is 19.1. The lowest BCUT2D eigenvalue weighted by Crippen LogP contribution is -2.34. The molecule has 3 aliphatic rings. The lowest BCUT2D eigenvalue weighted by molar-refractivity contribution is -0.123. The molecule has 31 heavy (non-hydrogen) atoms. The first-order chi connectivity index (χ1) is 14.5. The molecule has 6 N–H and O–H groups in total. The fourth-order valence-electron chi connectivity index (χ4n) is 2.87. The number of anilines is 1. The summed E-state index contributed by atoms with van der Waals surface area (Å²) in [6.07, 6.45) is 5.94. The Balaban J connectivity index is 0.000000199. The molecule has 0 saturated carbocycles. The largest absolute Gasteiger partial charge is 0.370 e. The van der Waals surface area contributed by atoms with Crippen molar-refractivity contribution in [2.75, 3.05) is 25.1 Å². The van der Waals surface area contributed by atoms with E-state index in [0.717, 1.165) is 57.7 Å². The number of amides is 2. The number of halogens is 1. The number of nitrogens with one attached hydrogen (secondary N) is 4. The van der Waals surface area contributed by atoms with Crippen molar-refractivity contribution in [3.8, 4) is 0 Å². The van der Waals surface area contributed by atoms with E-state index in [1.165, 1.54) is 6.07 Å². The molecular weight excluding hydrogens is 470 g/mol. The molecule has 1 aromatic rings. The molecule has 3 heterocycles. The van der Waals surface area contributed by atoms with Gasteiger partial charge in [-0.3, -0.25) is 9.59 Å². The first kappa shape index (κ1) is 25.3. The molecule has 1 aromatic carbocycles. The van der Waals surface area contributed by atoms with Gasteiger partial charge in [0, 0.05) is 25.9 Å². The molecule has 0 atom stereocenters. The van der Waals surface area contributed by atoms with E-state index in [1.807, 2.05) is 0 Å². The van der Waals surface area contributed by atoms with Crippen molar-refractivity contribution in [2.24, 2.45) is 5.14 Å². The van der Waals surface area contributed by atoms with Gasteiger partial charge in [0.2, 0.25) is 31.9 Å². The third-order valence-corrected chi connectivity index (χ3v) is 7.29. The molecule has 0 radical (unpaired) electrons. The van der Waals surface area contributed by atoms with E-state index < -0.39 is 24.9 Å². The van der Waals surface area contributed by atoms with Crippen LogP contribution in [0.2, 0.25) is 5.02 Å². The van der Waals surface area contributed by atoms with Crippen molar-refractivity contribution in [2.45, 2.75) is 48.3 Å². The summed E-state index contributed by atoms with van der Waals surface area (Å²) in [5, 5.41) is 13.0. The minimum atomic E-state index is -4.07. The summed E-state index contributed by atoms with van der Waals surface area (Å²) in [5.74, 6) is 0.428. The molecule has 11 nitrogen and oxygen atoms in total. The lowest BCUT2D eigenvalue weighted by Gasteiger charge is -2.20. The number of sulfonamides is 2. The zero-order chi connectivity index (χ0) is 23.1. The number of carbonyl (C=O) groups is 2. The molecule has 2 saturated heterocycles. The number of carbonyl (C=O) groups excluding carboxylic acids is 2. The molecule has 174 valence electrons. The molecule has 0 unspecified atom stereocenters. The maximum atomic E-state index is 11.6. The van der Waals surface area contributed by atoms with Crippen molar-refractivity contribution in [3.63, 3.8) is 0 Å². The van der Waals surface area contributed by atoms with E-state index >= 15 is 0 Å². The summed E-state index contributed by atoms with van der Waals surface area (Å²) < 4.78 is 47.9. The molecule has 0 aliphatic carbocycles. The van der Waals surface area contributed by atoms with Crippen molar-refractivity contribution in [3.05, 3.63) is 17.2 Å². The van der Waals surface area contributed by atoms with Crippen molar-refractivity contribution < 1.29 is 26.4 Å². The van der Waals surface area contributed by atoms with Crippen LogP contribution in [0.4, 0.5) is 5.69 Å². The number of fused-ring (bicyclic) bond motifs is 1. The lowest BCUT2D eigenvalue weighted by atomic mass is 10.2. The summed E-state index contributed by atoms with van der Waals surface area (Å²) in [4.78, 5) is 20.1. The third-order valence-electron chi connectivity index (χ3n) is 4.48. The fourth-order valence-corrected chi connectivity index (χ4v) is 5.16. The van der Waals surface area contributed by atoms with Crippen LogP contribution in [0.25, 0.3) is 0 Å². The van der Waals surface area contributed by atoms with Gasteiger partial charge >= 0.3 is 0 Å². The molecule has 0 aromatic heterocycles. The van der Waals surface area contributed by atoms with Gasteiger partial charge in [0.25, 0.3) is 0 Å². The molecule has 2 amide bonds. The summed E-state index contributed by atoms with van der Waals surface area (Å²) >= 11 is 5.72. The Bertz CT molecular complexity index is 992. The van der Waals surface area contributed by atoms with Crippen molar-refractivity contribution in [1.82, 2.24) is 15.4 Å². The minimum absolute atomic E-state index is 0.0143. The third kappa shape index (κ3) is 7.92. The van der Waals surface area contributed by atoms with Crippen LogP contribution in [-0.2, 0) is 29.6 Å². The Hall–Kier alpha value is -1.93. The van der Waals surface area contributed by atoms with Gasteiger partial charge in [0.1, 0.15) is 9.79 Å². The monoisotopic (exact) mass is 495 g/mol. The second kappa shape index (κ2) is 11.1. The highest BCUT2D eigenvalue weighted by molar-refractivity contribution is 7.90. The number of benzene rings is 1. The van der Waals surface area contributed by atoms with E-state index in [4.69, 9.17) is 16.7 Å². The number of nitrogens with two attached hydrogens (primary N) is 1. The van der Waals surface area contributed by atoms with Gasteiger partial charge in [0.15, 0.2) is 0 Å². The first-order valence-electron chi connectivity index (χ1n) is 9.64. The van der Waals surface area contributed by atoms with Crippen molar-refractivity contribution >= 4 is 49.1 Å². The SMILES string of the molecule is NS(=O)(=O)c1cc2c(cc1Cl)NCNS2(=O)=O.O=C1CCCCN1.O=C1CCCCN1. The summed E-state index contributed by atoms with van der Waals surface area (Å²) in [6, 6.07) is 2.15. The van der Waals surface area contributed by atoms with Crippen LogP contribution in [0.3, 0.4) is 0 Å². The Morgan fingerprint density at radius 1 is 0.903 bits per heavy atom. The standard InChI is InChI=1S/C7H8ClN3O4S2.2C5H9NO/c8-4-1-5-7(2-6(4)16(9,12)13)17(14,15)11-3-10-5;2*7-5-3-1-2-4-6-5/h1-2,10-11H,3H2,(H2,9,12,13);2*1-4H2,(H,6,7). The summed E-state index contributed by atoms with van der Waals surface area (Å²) in [7, 11) is -7.80. The van der Waals surface area contributed by atoms with Crippen molar-refractivity contribution in [1.29, 1.82) is 0 Å². The van der Waals surface area contributed by atoms with E-state index in [-0.39, 0.29) is 34.1 Å². The second-order valence-electron chi connectivity index (χ2n) is 6.94. The molecule has 3 aliphatic heterocycles. The highest BCUT2D eigenvalue weighted by atomic mass is 35.5. The molecular formula is C17H26ClN5O6S2. The van der Waals surface area contributed by atoms with E-state index in [0.29, 0.717) is 0 Å². The molecule has 2 fully saturated rings. The average Bonchev–Trinajstić information content (AvgIpc) is 2.68. The molecule has 14 heteroatoms. The van der Waals surface area contributed by atoms with Gasteiger partial charge in [-0.05, 0) is 37.8 Å². The van der Waals surface area contributed by atoms with Crippen LogP contribution in [-0.4, -0.2) is 48.4 Å². The van der Waals surface area contributed by atoms with Crippen LogP contribution in [0, 0.1) is 0 Å². The van der Waals surface area contributed by atoms with Crippen LogP contribution >= 0.6 is 11.6 Å². The number of hydrogen-bond acceptors (Lipinski definition) is 7. The summed E-state index contributed by atoms with van der Waals surface area (Å²) in [5.41, 5.74) is 0.237. The highest BCUT2D eigenvalue weighted by Gasteiger charge is 2.27. The Kier molecular flexibility index (Phi) is 9.06. The number of primary sulfonamides is 1. The van der Waals surface area contributed by atoms with E-state index in [9.17, 15) is 26.4 Å². The van der Waals surface area contributed by atoms with E-state index in [2.05, 4.69) is 20.7 Å². The van der Waals surface area contributed by atoms with Gasteiger partial charge in [-0.2, -0.15) is 4.72 Å². The Morgan fingerprint density at radius 3 is 1.84 bits per heavy atom. The van der Waals surface area contributed by atoms with Gasteiger partial charge in [-0.25, -0.2) is 22.0 Å². The average molecular weight is 496 g/mol. The number of piperidine rings is 2. The second-order valence-corrected chi connectivity index (χ2v) is 10.6. The molecule has 0 bridgehead atoms. The van der Waals surface area contributed by atoms with Gasteiger partial charge in [0.05, 0.1) is 17.4 Å².